The Kier molecular flexibility index (Phi) is 5.80. The van der Waals surface area contributed by atoms with Gasteiger partial charge in [-0.05, 0) is 39.5 Å². The maximum absolute atomic E-state index is 12.5. The predicted molar refractivity (Wildman–Crippen MR) is 80.9 cm³/mol. The molecule has 0 unspecified atom stereocenters. The van der Waals surface area contributed by atoms with E-state index in [0.29, 0.717) is 39.1 Å². The summed E-state index contributed by atoms with van der Waals surface area (Å²) >= 11 is 0. The molecule has 2 aliphatic rings. The van der Waals surface area contributed by atoms with E-state index in [2.05, 4.69) is 0 Å². The Bertz CT molecular complexity index is 426. The van der Waals surface area contributed by atoms with Crippen molar-refractivity contribution in [3.63, 3.8) is 0 Å². The van der Waals surface area contributed by atoms with Gasteiger partial charge in [0.2, 0.25) is 11.8 Å². The molecule has 1 saturated heterocycles. The molecule has 1 aliphatic carbocycles. The molecule has 6 nitrogen and oxygen atoms in total. The molecule has 22 heavy (non-hydrogen) atoms. The van der Waals surface area contributed by atoms with Crippen LogP contribution in [0.4, 0.5) is 0 Å². The molecule has 2 fully saturated rings. The first-order valence-electron chi connectivity index (χ1n) is 8.30. The van der Waals surface area contributed by atoms with Gasteiger partial charge in [-0.15, -0.1) is 0 Å². The fourth-order valence-corrected chi connectivity index (χ4v) is 2.90. The number of piperidine rings is 1. The molecule has 2 rings (SSSR count). The zero-order valence-electron chi connectivity index (χ0n) is 13.5. The van der Waals surface area contributed by atoms with Crippen molar-refractivity contribution in [1.29, 1.82) is 0 Å². The van der Waals surface area contributed by atoms with E-state index in [1.807, 2.05) is 11.8 Å². The molecule has 0 atom stereocenters. The maximum atomic E-state index is 12.5. The summed E-state index contributed by atoms with van der Waals surface area (Å²) < 4.78 is 4.91. The van der Waals surface area contributed by atoms with Crippen LogP contribution in [-0.4, -0.2) is 60.4 Å². The molecular formula is C16H26N2O4. The van der Waals surface area contributed by atoms with Gasteiger partial charge < -0.3 is 14.5 Å². The van der Waals surface area contributed by atoms with Gasteiger partial charge in [0.15, 0.2) is 0 Å². The zero-order chi connectivity index (χ0) is 16.1. The number of esters is 1. The van der Waals surface area contributed by atoms with E-state index < -0.39 is 0 Å². The quantitative estimate of drug-likeness (QED) is 0.688. The average molecular weight is 310 g/mol. The third-order valence-electron chi connectivity index (χ3n) is 4.40. The van der Waals surface area contributed by atoms with Crippen LogP contribution >= 0.6 is 0 Å². The van der Waals surface area contributed by atoms with Crippen molar-refractivity contribution in [2.75, 3.05) is 32.8 Å². The highest BCUT2D eigenvalue weighted by Crippen LogP contribution is 2.32. The Morgan fingerprint density at radius 1 is 1.05 bits per heavy atom. The molecule has 124 valence electrons. The molecule has 0 N–H and O–H groups in total. The highest BCUT2D eigenvalue weighted by atomic mass is 16.5. The molecule has 0 aromatic heterocycles. The molecule has 2 amide bonds. The van der Waals surface area contributed by atoms with E-state index in [1.54, 1.807) is 11.8 Å². The van der Waals surface area contributed by atoms with E-state index in [-0.39, 0.29) is 36.2 Å². The molecule has 1 aliphatic heterocycles. The second kappa shape index (κ2) is 7.61. The number of hydrogen-bond acceptors (Lipinski definition) is 4. The van der Waals surface area contributed by atoms with Gasteiger partial charge in [0.25, 0.3) is 0 Å². The first kappa shape index (κ1) is 16.8. The van der Waals surface area contributed by atoms with Gasteiger partial charge in [-0.2, -0.15) is 0 Å². The number of hydrogen-bond donors (Lipinski definition) is 0. The van der Waals surface area contributed by atoms with Crippen LogP contribution in [0.3, 0.4) is 0 Å². The summed E-state index contributed by atoms with van der Waals surface area (Å²) in [6, 6.07) is 0. The van der Waals surface area contributed by atoms with Gasteiger partial charge in [-0.3, -0.25) is 14.4 Å². The van der Waals surface area contributed by atoms with Crippen LogP contribution in [0.15, 0.2) is 0 Å². The molecule has 0 bridgehead atoms. The molecular weight excluding hydrogens is 284 g/mol. The van der Waals surface area contributed by atoms with E-state index in [4.69, 9.17) is 4.74 Å². The van der Waals surface area contributed by atoms with Gasteiger partial charge in [0, 0.05) is 31.5 Å². The fourth-order valence-electron chi connectivity index (χ4n) is 2.90. The van der Waals surface area contributed by atoms with E-state index in [1.165, 1.54) is 0 Å². The summed E-state index contributed by atoms with van der Waals surface area (Å²) in [6.07, 6.45) is 3.41. The number of amides is 2. The topological polar surface area (TPSA) is 66.9 Å². The Hall–Kier alpha value is -1.59. The highest BCUT2D eigenvalue weighted by Gasteiger charge is 2.36. The van der Waals surface area contributed by atoms with Gasteiger partial charge in [0.1, 0.15) is 6.54 Å². The minimum absolute atomic E-state index is 0.00840. The lowest BCUT2D eigenvalue weighted by Gasteiger charge is -2.33. The molecule has 6 heteroatoms. The summed E-state index contributed by atoms with van der Waals surface area (Å²) in [5, 5.41) is 0. The van der Waals surface area contributed by atoms with Gasteiger partial charge in [-0.25, -0.2) is 0 Å². The lowest BCUT2D eigenvalue weighted by molar-refractivity contribution is -0.151. The third-order valence-corrected chi connectivity index (χ3v) is 4.40. The highest BCUT2D eigenvalue weighted by molar-refractivity contribution is 5.84. The monoisotopic (exact) mass is 310 g/mol. The average Bonchev–Trinajstić information content (AvgIpc) is 3.36. The van der Waals surface area contributed by atoms with Gasteiger partial charge >= 0.3 is 5.97 Å². The maximum Gasteiger partial charge on any atom is 0.325 e. The van der Waals surface area contributed by atoms with Crippen LogP contribution in [0.1, 0.15) is 39.5 Å². The van der Waals surface area contributed by atoms with Gasteiger partial charge in [0.05, 0.1) is 6.61 Å². The Morgan fingerprint density at radius 3 is 2.18 bits per heavy atom. The number of carbonyl (C=O) groups is 3. The first-order valence-corrected chi connectivity index (χ1v) is 8.30. The van der Waals surface area contributed by atoms with E-state index >= 15 is 0 Å². The zero-order valence-corrected chi connectivity index (χ0v) is 13.5. The van der Waals surface area contributed by atoms with Crippen molar-refractivity contribution in [2.45, 2.75) is 39.5 Å². The summed E-state index contributed by atoms with van der Waals surface area (Å²) in [4.78, 5) is 39.5. The molecule has 0 spiro atoms. The minimum atomic E-state index is -0.362. The van der Waals surface area contributed by atoms with E-state index in [0.717, 1.165) is 12.8 Å². The Labute approximate surface area is 131 Å². The summed E-state index contributed by atoms with van der Waals surface area (Å²) in [7, 11) is 0. The lowest BCUT2D eigenvalue weighted by atomic mass is 9.95. The summed E-state index contributed by atoms with van der Waals surface area (Å²) in [5.41, 5.74) is 0. The van der Waals surface area contributed by atoms with Gasteiger partial charge in [-0.1, -0.05) is 0 Å². The Morgan fingerprint density at radius 2 is 1.68 bits per heavy atom. The Balaban J connectivity index is 1.81. The normalized spacial score (nSPS) is 18.9. The van der Waals surface area contributed by atoms with Crippen LogP contribution in [0.2, 0.25) is 0 Å². The number of likely N-dealkylation sites (N-methyl/N-ethyl adjacent to an activating group) is 1. The second-order valence-corrected chi connectivity index (χ2v) is 6.03. The summed E-state index contributed by atoms with van der Waals surface area (Å²) in [5.74, 6) is 0.0544. The molecule has 1 saturated carbocycles. The SMILES string of the molecule is CCOC(=O)CN(CC)C(=O)C1CCN(C(=O)C2CC2)CC1. The smallest absolute Gasteiger partial charge is 0.325 e. The third kappa shape index (κ3) is 4.21. The molecule has 0 aromatic rings. The minimum Gasteiger partial charge on any atom is -0.465 e. The number of carbonyl (C=O) groups excluding carboxylic acids is 3. The number of rotatable bonds is 6. The molecule has 1 heterocycles. The van der Waals surface area contributed by atoms with Crippen molar-refractivity contribution < 1.29 is 19.1 Å². The standard InChI is InChI=1S/C16H26N2O4/c1-3-17(11-14(19)22-4-2)15(20)13-7-9-18(10-8-13)16(21)12-5-6-12/h12-13H,3-11H2,1-2H3. The van der Waals surface area contributed by atoms with Crippen molar-refractivity contribution in [2.24, 2.45) is 11.8 Å². The largest absolute Gasteiger partial charge is 0.465 e. The number of ether oxygens (including phenoxy) is 1. The van der Waals surface area contributed by atoms with Crippen molar-refractivity contribution in [1.82, 2.24) is 9.80 Å². The molecule has 0 radical (unpaired) electrons. The van der Waals surface area contributed by atoms with E-state index in [9.17, 15) is 14.4 Å². The number of likely N-dealkylation sites (tertiary alicyclic amines) is 1. The van der Waals surface area contributed by atoms with Crippen LogP contribution in [0.25, 0.3) is 0 Å². The van der Waals surface area contributed by atoms with Crippen molar-refractivity contribution in [3.05, 3.63) is 0 Å². The van der Waals surface area contributed by atoms with Crippen LogP contribution in [0.5, 0.6) is 0 Å². The van der Waals surface area contributed by atoms with Crippen molar-refractivity contribution >= 4 is 17.8 Å². The second-order valence-electron chi connectivity index (χ2n) is 6.03. The number of nitrogens with zero attached hydrogens (tertiary/aromatic N) is 2. The predicted octanol–water partition coefficient (Wildman–Crippen LogP) is 1.05. The summed E-state index contributed by atoms with van der Waals surface area (Å²) in [6.45, 7) is 5.77. The molecule has 0 aromatic carbocycles. The van der Waals surface area contributed by atoms with Crippen LogP contribution in [-0.2, 0) is 19.1 Å². The van der Waals surface area contributed by atoms with Crippen LogP contribution in [0, 0.1) is 11.8 Å². The van der Waals surface area contributed by atoms with Crippen molar-refractivity contribution in [3.8, 4) is 0 Å². The van der Waals surface area contributed by atoms with Crippen LogP contribution < -0.4 is 0 Å². The fraction of sp³-hybridized carbons (Fsp3) is 0.812. The first-order chi connectivity index (χ1) is 10.6. The lowest BCUT2D eigenvalue weighted by Crippen LogP contribution is -2.46.